The summed E-state index contributed by atoms with van der Waals surface area (Å²) in [7, 11) is -3.92. The molecule has 0 aliphatic carbocycles. The van der Waals surface area contributed by atoms with Gasteiger partial charge in [0.1, 0.15) is 6.04 Å². The fourth-order valence-electron chi connectivity index (χ4n) is 2.61. The van der Waals surface area contributed by atoms with Crippen LogP contribution in [-0.4, -0.2) is 37.5 Å². The van der Waals surface area contributed by atoms with Gasteiger partial charge in [-0.1, -0.05) is 0 Å². The topological polar surface area (TPSA) is 104 Å². The molecule has 1 aromatic carbocycles. The van der Waals surface area contributed by atoms with Gasteiger partial charge in [-0.05, 0) is 44.0 Å². The van der Waals surface area contributed by atoms with Crippen LogP contribution in [0.4, 0.5) is 5.69 Å². The van der Waals surface area contributed by atoms with Gasteiger partial charge in [0.15, 0.2) is 0 Å². The third-order valence-corrected chi connectivity index (χ3v) is 5.16. The number of carboxylic acids is 1. The highest BCUT2D eigenvalue weighted by Crippen LogP contribution is 2.33. The number of sulfonamides is 1. The maximum Gasteiger partial charge on any atom is 0.321 e. The fourth-order valence-corrected chi connectivity index (χ4v) is 3.85. The van der Waals surface area contributed by atoms with Gasteiger partial charge in [0.05, 0.1) is 4.90 Å². The number of fused-ring (bicyclic) bond motifs is 1. The maximum absolute atomic E-state index is 12.2. The molecule has 22 heavy (non-hydrogen) atoms. The summed E-state index contributed by atoms with van der Waals surface area (Å²) in [4.78, 5) is 24.1. The molecule has 1 amide bonds. The number of nitrogens with one attached hydrogen (secondary N) is 1. The number of aliphatic carboxylic acids is 1. The summed E-state index contributed by atoms with van der Waals surface area (Å²) in [5.74, 6) is -1.35. The first kappa shape index (κ1) is 16.4. The predicted octanol–water partition coefficient (Wildman–Crippen LogP) is 0.735. The largest absolute Gasteiger partial charge is 0.480 e. The monoisotopic (exact) mass is 326 g/mol. The molecule has 0 fully saturated rings. The highest BCUT2D eigenvalue weighted by atomic mass is 32.2. The van der Waals surface area contributed by atoms with Gasteiger partial charge < -0.3 is 10.0 Å². The van der Waals surface area contributed by atoms with Crippen molar-refractivity contribution in [2.24, 2.45) is 0 Å². The highest BCUT2D eigenvalue weighted by Gasteiger charge is 2.30. The second-order valence-electron chi connectivity index (χ2n) is 5.41. The molecule has 2 rings (SSSR count). The van der Waals surface area contributed by atoms with E-state index in [1.54, 1.807) is 11.0 Å². The van der Waals surface area contributed by atoms with Gasteiger partial charge in [-0.2, -0.15) is 4.72 Å². The third-order valence-electron chi connectivity index (χ3n) is 3.62. The van der Waals surface area contributed by atoms with Crippen LogP contribution in [0.5, 0.6) is 0 Å². The first-order valence-corrected chi connectivity index (χ1v) is 8.29. The van der Waals surface area contributed by atoms with E-state index in [-0.39, 0.29) is 16.8 Å². The number of rotatable bonds is 4. The van der Waals surface area contributed by atoms with Gasteiger partial charge in [-0.25, -0.2) is 8.42 Å². The van der Waals surface area contributed by atoms with Crippen molar-refractivity contribution >= 4 is 27.6 Å². The summed E-state index contributed by atoms with van der Waals surface area (Å²) in [6, 6.07) is 3.21. The Balaban J connectivity index is 2.35. The van der Waals surface area contributed by atoms with Crippen LogP contribution < -0.4 is 9.62 Å². The molecule has 0 bridgehead atoms. The molecule has 8 heteroatoms. The molecule has 0 spiro atoms. The first-order valence-electron chi connectivity index (χ1n) is 6.81. The first-order chi connectivity index (χ1) is 10.1. The lowest BCUT2D eigenvalue weighted by Gasteiger charge is -2.20. The van der Waals surface area contributed by atoms with Gasteiger partial charge in [0.25, 0.3) is 0 Å². The van der Waals surface area contributed by atoms with Crippen molar-refractivity contribution in [2.75, 3.05) is 4.90 Å². The molecule has 2 atom stereocenters. The zero-order chi connectivity index (χ0) is 16.7. The van der Waals surface area contributed by atoms with E-state index in [9.17, 15) is 18.0 Å². The summed E-state index contributed by atoms with van der Waals surface area (Å²) in [6.07, 6.45) is 0.562. The molecule has 7 nitrogen and oxygen atoms in total. The van der Waals surface area contributed by atoms with E-state index in [1.165, 1.54) is 26.0 Å². The lowest BCUT2D eigenvalue weighted by Crippen LogP contribution is -2.38. The van der Waals surface area contributed by atoms with Gasteiger partial charge in [0.2, 0.25) is 15.9 Å². The second kappa shape index (κ2) is 5.69. The summed E-state index contributed by atoms with van der Waals surface area (Å²) in [6.45, 7) is 4.61. The minimum Gasteiger partial charge on any atom is -0.480 e. The SMILES string of the molecule is CC(=O)N1c2ccc(S(=O)(=O)NC(C)C(=O)O)cc2CC1C. The Bertz CT molecular complexity index is 729. The van der Waals surface area contributed by atoms with Crippen molar-refractivity contribution in [1.82, 2.24) is 4.72 Å². The molecule has 2 N–H and O–H groups in total. The average molecular weight is 326 g/mol. The van der Waals surface area contributed by atoms with Crippen LogP contribution in [0.25, 0.3) is 0 Å². The van der Waals surface area contributed by atoms with Crippen molar-refractivity contribution in [3.05, 3.63) is 23.8 Å². The van der Waals surface area contributed by atoms with Crippen LogP contribution in [0, 0.1) is 0 Å². The van der Waals surface area contributed by atoms with Crippen molar-refractivity contribution in [2.45, 2.75) is 44.2 Å². The van der Waals surface area contributed by atoms with E-state index in [1.807, 2.05) is 6.92 Å². The van der Waals surface area contributed by atoms with Crippen LogP contribution in [0.3, 0.4) is 0 Å². The van der Waals surface area contributed by atoms with Gasteiger partial charge in [-0.15, -0.1) is 0 Å². The van der Waals surface area contributed by atoms with Crippen LogP contribution in [0.2, 0.25) is 0 Å². The number of hydrogen-bond acceptors (Lipinski definition) is 4. The van der Waals surface area contributed by atoms with Gasteiger partial charge in [0, 0.05) is 18.7 Å². The molecule has 0 saturated carbocycles. The third kappa shape index (κ3) is 2.97. The van der Waals surface area contributed by atoms with Crippen LogP contribution in [-0.2, 0) is 26.0 Å². The lowest BCUT2D eigenvalue weighted by atomic mass is 10.1. The number of anilines is 1. The predicted molar refractivity (Wildman–Crippen MR) is 80.2 cm³/mol. The molecule has 1 heterocycles. The Morgan fingerprint density at radius 1 is 1.41 bits per heavy atom. The Kier molecular flexibility index (Phi) is 4.25. The molecule has 0 saturated heterocycles. The molecule has 0 aromatic heterocycles. The number of carbonyl (C=O) groups is 2. The highest BCUT2D eigenvalue weighted by molar-refractivity contribution is 7.89. The van der Waals surface area contributed by atoms with Gasteiger partial charge >= 0.3 is 5.97 Å². The summed E-state index contributed by atoms with van der Waals surface area (Å²) in [5, 5.41) is 8.81. The number of benzene rings is 1. The Morgan fingerprint density at radius 3 is 2.59 bits per heavy atom. The van der Waals surface area contributed by atoms with E-state index >= 15 is 0 Å². The molecule has 2 unspecified atom stereocenters. The molecular formula is C14H18N2O5S. The maximum atomic E-state index is 12.2. The summed E-state index contributed by atoms with van der Waals surface area (Å²) in [5.41, 5.74) is 1.46. The minimum atomic E-state index is -3.92. The smallest absolute Gasteiger partial charge is 0.321 e. The molecular weight excluding hydrogens is 308 g/mol. The van der Waals surface area contributed by atoms with Crippen LogP contribution >= 0.6 is 0 Å². The molecule has 0 radical (unpaired) electrons. The number of carboxylic acid groups (broad SMARTS) is 1. The van der Waals surface area contributed by atoms with E-state index in [0.717, 1.165) is 5.56 Å². The Hall–Kier alpha value is -1.93. The number of hydrogen-bond donors (Lipinski definition) is 2. The Labute approximate surface area is 129 Å². The standard InChI is InChI=1S/C14H18N2O5S/c1-8-6-11-7-12(4-5-13(11)16(8)10(3)17)22(20,21)15-9(2)14(18)19/h4-5,7-9,15H,6H2,1-3H3,(H,18,19). The van der Waals surface area contributed by atoms with Crippen molar-refractivity contribution < 1.29 is 23.1 Å². The molecule has 1 aliphatic heterocycles. The van der Waals surface area contributed by atoms with E-state index in [0.29, 0.717) is 12.1 Å². The van der Waals surface area contributed by atoms with Crippen LogP contribution in [0.1, 0.15) is 26.3 Å². The van der Waals surface area contributed by atoms with Crippen molar-refractivity contribution in [3.63, 3.8) is 0 Å². The van der Waals surface area contributed by atoms with E-state index in [4.69, 9.17) is 5.11 Å². The zero-order valence-corrected chi connectivity index (χ0v) is 13.3. The van der Waals surface area contributed by atoms with Gasteiger partial charge in [-0.3, -0.25) is 9.59 Å². The minimum absolute atomic E-state index is 0.00282. The molecule has 120 valence electrons. The number of carbonyl (C=O) groups excluding carboxylic acids is 1. The zero-order valence-electron chi connectivity index (χ0n) is 12.5. The number of amides is 1. The quantitative estimate of drug-likeness (QED) is 0.849. The summed E-state index contributed by atoms with van der Waals surface area (Å²) < 4.78 is 26.5. The van der Waals surface area contributed by atoms with E-state index in [2.05, 4.69) is 4.72 Å². The molecule has 1 aliphatic rings. The summed E-state index contributed by atoms with van der Waals surface area (Å²) >= 11 is 0. The van der Waals surface area contributed by atoms with Crippen molar-refractivity contribution in [1.29, 1.82) is 0 Å². The normalized spacial score (nSPS) is 18.9. The Morgan fingerprint density at radius 2 is 2.05 bits per heavy atom. The average Bonchev–Trinajstić information content (AvgIpc) is 2.72. The number of nitrogens with zero attached hydrogens (tertiary/aromatic N) is 1. The van der Waals surface area contributed by atoms with Crippen LogP contribution in [0.15, 0.2) is 23.1 Å². The fraction of sp³-hybridized carbons (Fsp3) is 0.429. The lowest BCUT2D eigenvalue weighted by molar-refractivity contribution is -0.138. The van der Waals surface area contributed by atoms with E-state index < -0.39 is 22.0 Å². The van der Waals surface area contributed by atoms with Crippen molar-refractivity contribution in [3.8, 4) is 0 Å². The molecule has 1 aromatic rings. The second-order valence-corrected chi connectivity index (χ2v) is 7.13.